The Labute approximate surface area is 193 Å². The highest BCUT2D eigenvalue weighted by Crippen LogP contribution is 2.49. The van der Waals surface area contributed by atoms with Crippen LogP contribution in [-0.2, 0) is 4.84 Å². The maximum atomic E-state index is 13.4. The number of fused-ring (bicyclic) bond motifs is 1. The molecule has 1 atom stereocenters. The lowest BCUT2D eigenvalue weighted by Gasteiger charge is -2.45. The Morgan fingerprint density at radius 1 is 1.03 bits per heavy atom. The van der Waals surface area contributed by atoms with Crippen LogP contribution in [0.1, 0.15) is 51.0 Å². The molecule has 33 heavy (non-hydrogen) atoms. The molecule has 1 saturated carbocycles. The predicted molar refractivity (Wildman–Crippen MR) is 125 cm³/mol. The molecule has 2 fully saturated rings. The molecule has 1 saturated heterocycles. The van der Waals surface area contributed by atoms with Gasteiger partial charge in [-0.1, -0.05) is 30.3 Å². The first-order valence-electron chi connectivity index (χ1n) is 11.7. The number of ether oxygens (including phenoxy) is 1. The molecular weight excluding hydrogens is 429 g/mol. The Morgan fingerprint density at radius 3 is 2.39 bits per heavy atom. The van der Waals surface area contributed by atoms with Crippen molar-refractivity contribution in [1.29, 1.82) is 0 Å². The number of piperidine rings is 1. The molecule has 0 bridgehead atoms. The first-order valence-corrected chi connectivity index (χ1v) is 11.7. The monoisotopic (exact) mass is 462 g/mol. The second-order valence-corrected chi connectivity index (χ2v) is 9.71. The van der Waals surface area contributed by atoms with E-state index in [0.717, 1.165) is 53.7 Å². The number of oxime groups is 1. The molecule has 4 rings (SSSR count). The van der Waals surface area contributed by atoms with Crippen molar-refractivity contribution in [2.75, 3.05) is 27.3 Å². The summed E-state index contributed by atoms with van der Waals surface area (Å²) in [6.07, 6.45) is -0.530. The van der Waals surface area contributed by atoms with Crippen molar-refractivity contribution in [3.63, 3.8) is 0 Å². The van der Waals surface area contributed by atoms with Gasteiger partial charge in [-0.15, -0.1) is 0 Å². The fraction of sp³-hybridized carbons (Fsp3) is 0.577. The van der Waals surface area contributed by atoms with E-state index in [2.05, 4.69) is 28.3 Å². The van der Waals surface area contributed by atoms with Gasteiger partial charge in [-0.3, -0.25) is 4.90 Å². The van der Waals surface area contributed by atoms with Crippen LogP contribution >= 0.6 is 0 Å². The van der Waals surface area contributed by atoms with E-state index < -0.39 is 11.6 Å². The first kappa shape index (κ1) is 23.9. The molecule has 0 spiro atoms. The van der Waals surface area contributed by atoms with Gasteiger partial charge in [0.2, 0.25) is 0 Å². The van der Waals surface area contributed by atoms with E-state index in [1.165, 1.54) is 6.92 Å². The molecule has 1 heterocycles. The highest BCUT2D eigenvalue weighted by atomic mass is 19.4. The number of alkyl halides is 3. The standard InChI is InChI=1S/C26H33F3N2O2/c1-25(26(27,28)29)12-10-22(11-13-25)31-14-4-5-21(17-31)24(30-33-3)20-7-6-19-16-23(32-2)9-8-18(19)15-20/h6-9,15-16,21-22H,4-5,10-14,17H2,1-3H3/b30-24-. The lowest BCUT2D eigenvalue weighted by molar-refractivity contribution is -0.230. The molecule has 0 aromatic heterocycles. The van der Waals surface area contributed by atoms with Crippen molar-refractivity contribution < 1.29 is 22.7 Å². The van der Waals surface area contributed by atoms with Gasteiger partial charge in [0.15, 0.2) is 0 Å². The van der Waals surface area contributed by atoms with Crippen LogP contribution in [-0.4, -0.2) is 50.1 Å². The topological polar surface area (TPSA) is 34.1 Å². The minimum atomic E-state index is -4.12. The summed E-state index contributed by atoms with van der Waals surface area (Å²) in [7, 11) is 3.22. The van der Waals surface area contributed by atoms with E-state index in [1.807, 2.05) is 18.2 Å². The Balaban J connectivity index is 1.50. The Morgan fingerprint density at radius 2 is 1.73 bits per heavy atom. The number of methoxy groups -OCH3 is 1. The fourth-order valence-corrected chi connectivity index (χ4v) is 5.42. The molecule has 1 aliphatic carbocycles. The van der Waals surface area contributed by atoms with E-state index in [4.69, 9.17) is 9.57 Å². The van der Waals surface area contributed by atoms with E-state index in [-0.39, 0.29) is 24.8 Å². The van der Waals surface area contributed by atoms with Crippen molar-refractivity contribution in [2.45, 2.75) is 57.7 Å². The molecule has 0 amide bonds. The highest BCUT2D eigenvalue weighted by molar-refractivity contribution is 6.04. The van der Waals surface area contributed by atoms with Crippen LogP contribution in [0, 0.1) is 11.3 Å². The zero-order chi connectivity index (χ0) is 23.6. The third-order valence-electron chi connectivity index (χ3n) is 7.63. The summed E-state index contributed by atoms with van der Waals surface area (Å²) in [5.74, 6) is 1.00. The molecule has 1 aliphatic heterocycles. The SMILES string of the molecule is CO/N=C(/c1ccc2cc(OC)ccc2c1)C1CCCN(C2CCC(C)(C(F)(F)F)CC2)C1. The number of benzene rings is 2. The molecule has 4 nitrogen and oxygen atoms in total. The van der Waals surface area contributed by atoms with Gasteiger partial charge in [0, 0.05) is 24.1 Å². The molecule has 7 heteroatoms. The largest absolute Gasteiger partial charge is 0.497 e. The number of rotatable bonds is 5. The van der Waals surface area contributed by atoms with Crippen LogP contribution in [0.15, 0.2) is 41.6 Å². The number of halogens is 3. The van der Waals surface area contributed by atoms with Crippen LogP contribution in [0.4, 0.5) is 13.2 Å². The van der Waals surface area contributed by atoms with Crippen molar-refractivity contribution in [2.24, 2.45) is 16.5 Å². The van der Waals surface area contributed by atoms with E-state index in [9.17, 15) is 13.2 Å². The average Bonchev–Trinajstić information content (AvgIpc) is 2.81. The van der Waals surface area contributed by atoms with Crippen molar-refractivity contribution in [3.8, 4) is 5.75 Å². The van der Waals surface area contributed by atoms with Crippen molar-refractivity contribution in [1.82, 2.24) is 4.90 Å². The summed E-state index contributed by atoms with van der Waals surface area (Å²) in [6, 6.07) is 12.4. The smallest absolute Gasteiger partial charge is 0.394 e. The van der Waals surface area contributed by atoms with Gasteiger partial charge in [-0.25, -0.2) is 0 Å². The van der Waals surface area contributed by atoms with Gasteiger partial charge >= 0.3 is 6.18 Å². The minimum Gasteiger partial charge on any atom is -0.497 e. The lowest BCUT2D eigenvalue weighted by atomic mass is 9.72. The lowest BCUT2D eigenvalue weighted by Crippen LogP contribution is -2.49. The molecule has 2 aromatic carbocycles. The van der Waals surface area contributed by atoms with Crippen LogP contribution < -0.4 is 4.74 Å². The van der Waals surface area contributed by atoms with Gasteiger partial charge in [-0.05, 0) is 74.0 Å². The van der Waals surface area contributed by atoms with Gasteiger partial charge in [0.25, 0.3) is 0 Å². The predicted octanol–water partition coefficient (Wildman–Crippen LogP) is 6.42. The van der Waals surface area contributed by atoms with Gasteiger partial charge < -0.3 is 9.57 Å². The van der Waals surface area contributed by atoms with Crippen molar-refractivity contribution >= 4 is 16.5 Å². The summed E-state index contributed by atoms with van der Waals surface area (Å²) >= 11 is 0. The summed E-state index contributed by atoms with van der Waals surface area (Å²) in [5, 5.41) is 6.60. The summed E-state index contributed by atoms with van der Waals surface area (Å²) < 4.78 is 45.6. The quantitative estimate of drug-likeness (QED) is 0.380. The Bertz CT molecular complexity index is 997. The maximum absolute atomic E-state index is 13.4. The number of nitrogens with zero attached hydrogens (tertiary/aromatic N) is 2. The fourth-order valence-electron chi connectivity index (χ4n) is 5.42. The zero-order valence-electron chi connectivity index (χ0n) is 19.6. The average molecular weight is 463 g/mol. The Hall–Kier alpha value is -2.28. The second-order valence-electron chi connectivity index (χ2n) is 9.71. The van der Waals surface area contributed by atoms with E-state index in [1.54, 1.807) is 14.2 Å². The van der Waals surface area contributed by atoms with Gasteiger partial charge in [-0.2, -0.15) is 13.2 Å². The molecule has 180 valence electrons. The number of hydrogen-bond acceptors (Lipinski definition) is 4. The number of hydrogen-bond donors (Lipinski definition) is 0. The van der Waals surface area contributed by atoms with Crippen LogP contribution in [0.2, 0.25) is 0 Å². The van der Waals surface area contributed by atoms with E-state index in [0.29, 0.717) is 12.8 Å². The summed E-state index contributed by atoms with van der Waals surface area (Å²) in [5.41, 5.74) is 0.389. The maximum Gasteiger partial charge on any atom is 0.394 e. The van der Waals surface area contributed by atoms with Crippen LogP contribution in [0.3, 0.4) is 0 Å². The van der Waals surface area contributed by atoms with Crippen molar-refractivity contribution in [3.05, 3.63) is 42.0 Å². The normalized spacial score (nSPS) is 27.5. The third-order valence-corrected chi connectivity index (χ3v) is 7.63. The molecule has 2 aliphatic rings. The van der Waals surface area contributed by atoms with E-state index >= 15 is 0 Å². The molecular formula is C26H33F3N2O2. The summed E-state index contributed by atoms with van der Waals surface area (Å²) in [4.78, 5) is 7.62. The molecule has 0 radical (unpaired) electrons. The molecule has 2 aromatic rings. The zero-order valence-corrected chi connectivity index (χ0v) is 19.6. The van der Waals surface area contributed by atoms with Gasteiger partial charge in [0.05, 0.1) is 18.2 Å². The second kappa shape index (κ2) is 9.53. The van der Waals surface area contributed by atoms with Crippen LogP contribution in [0.5, 0.6) is 5.75 Å². The minimum absolute atomic E-state index is 0.185. The molecule has 1 unspecified atom stereocenters. The first-order chi connectivity index (χ1) is 15.7. The highest BCUT2D eigenvalue weighted by Gasteiger charge is 2.52. The summed E-state index contributed by atoms with van der Waals surface area (Å²) in [6.45, 7) is 3.11. The number of likely N-dealkylation sites (tertiary alicyclic amines) is 1. The Kier molecular flexibility index (Phi) is 6.89. The third kappa shape index (κ3) is 4.98. The molecule has 0 N–H and O–H groups in total. The van der Waals surface area contributed by atoms with Crippen LogP contribution in [0.25, 0.3) is 10.8 Å². The van der Waals surface area contributed by atoms with Gasteiger partial charge in [0.1, 0.15) is 12.9 Å².